The average Bonchev–Trinajstić information content (AvgIpc) is 2.46. The highest BCUT2D eigenvalue weighted by Crippen LogP contribution is 2.39. The van der Waals surface area contributed by atoms with Crippen LogP contribution in [0.1, 0.15) is 0 Å². The number of nitro groups is 1. The zero-order chi connectivity index (χ0) is 14.8. The first-order valence-corrected chi connectivity index (χ1v) is 6.96. The second-order valence-electron chi connectivity index (χ2n) is 4.34. The standard InChI is InChI=1S/C15H10N2O3S/c18-10-3-1-4-11(9-10)21-14-7-6-13-12(5-2-8-16-13)15(14)17(19)20/h1-9,18H. The molecule has 0 saturated carbocycles. The van der Waals surface area contributed by atoms with Crippen LogP contribution in [0.15, 0.2) is 64.5 Å². The summed E-state index contributed by atoms with van der Waals surface area (Å²) in [6.45, 7) is 0. The highest BCUT2D eigenvalue weighted by molar-refractivity contribution is 7.99. The first-order chi connectivity index (χ1) is 10.1. The van der Waals surface area contributed by atoms with Gasteiger partial charge in [-0.3, -0.25) is 15.1 Å². The molecule has 3 rings (SSSR count). The Morgan fingerprint density at radius 2 is 2.00 bits per heavy atom. The minimum atomic E-state index is -0.394. The first kappa shape index (κ1) is 13.4. The van der Waals surface area contributed by atoms with E-state index in [-0.39, 0.29) is 11.4 Å². The number of phenols is 1. The van der Waals surface area contributed by atoms with E-state index in [1.807, 2.05) is 0 Å². The van der Waals surface area contributed by atoms with Gasteiger partial charge in [0, 0.05) is 11.1 Å². The van der Waals surface area contributed by atoms with Gasteiger partial charge < -0.3 is 5.11 Å². The summed E-state index contributed by atoms with van der Waals surface area (Å²) in [5, 5.41) is 21.4. The van der Waals surface area contributed by atoms with Gasteiger partial charge in [0.1, 0.15) is 5.75 Å². The van der Waals surface area contributed by atoms with Crippen LogP contribution >= 0.6 is 11.8 Å². The van der Waals surface area contributed by atoms with Crippen LogP contribution in [0.4, 0.5) is 5.69 Å². The van der Waals surface area contributed by atoms with E-state index < -0.39 is 4.92 Å². The zero-order valence-corrected chi connectivity index (χ0v) is 11.6. The lowest BCUT2D eigenvalue weighted by molar-refractivity contribution is -0.385. The highest BCUT2D eigenvalue weighted by atomic mass is 32.2. The van der Waals surface area contributed by atoms with Crippen LogP contribution in [0.25, 0.3) is 10.9 Å². The molecule has 0 atom stereocenters. The summed E-state index contributed by atoms with van der Waals surface area (Å²) in [5.74, 6) is 0.130. The Kier molecular flexibility index (Phi) is 3.45. The molecule has 0 aliphatic heterocycles. The van der Waals surface area contributed by atoms with Gasteiger partial charge in [0.15, 0.2) is 0 Å². The van der Waals surface area contributed by atoms with Gasteiger partial charge >= 0.3 is 0 Å². The molecule has 0 saturated heterocycles. The van der Waals surface area contributed by atoms with Crippen molar-refractivity contribution in [2.75, 3.05) is 0 Å². The normalized spacial score (nSPS) is 10.7. The zero-order valence-electron chi connectivity index (χ0n) is 10.8. The van der Waals surface area contributed by atoms with Gasteiger partial charge in [-0.15, -0.1) is 0 Å². The third-order valence-electron chi connectivity index (χ3n) is 2.95. The summed E-state index contributed by atoms with van der Waals surface area (Å²) in [6, 6.07) is 13.4. The Labute approximate surface area is 124 Å². The SMILES string of the molecule is O=[N+]([O-])c1c(Sc2cccc(O)c2)ccc2ncccc12. The van der Waals surface area contributed by atoms with Crippen LogP contribution in [0, 0.1) is 10.1 Å². The topological polar surface area (TPSA) is 76.3 Å². The van der Waals surface area contributed by atoms with E-state index in [9.17, 15) is 15.2 Å². The molecule has 0 bridgehead atoms. The van der Waals surface area contributed by atoms with Crippen molar-refractivity contribution in [1.29, 1.82) is 0 Å². The summed E-state index contributed by atoms with van der Waals surface area (Å²) in [4.78, 5) is 16.4. The van der Waals surface area contributed by atoms with Crippen LogP contribution in [-0.4, -0.2) is 15.0 Å². The van der Waals surface area contributed by atoms with Gasteiger partial charge in [-0.2, -0.15) is 0 Å². The first-order valence-electron chi connectivity index (χ1n) is 6.14. The van der Waals surface area contributed by atoms with Crippen LogP contribution in [-0.2, 0) is 0 Å². The predicted molar refractivity (Wildman–Crippen MR) is 80.6 cm³/mol. The van der Waals surface area contributed by atoms with Gasteiger partial charge in [-0.25, -0.2) is 0 Å². The quantitative estimate of drug-likeness (QED) is 0.584. The molecular formula is C15H10N2O3S. The number of aromatic nitrogens is 1. The van der Waals surface area contributed by atoms with Crippen molar-refractivity contribution >= 4 is 28.4 Å². The number of rotatable bonds is 3. The predicted octanol–water partition coefficient (Wildman–Crippen LogP) is 4.00. The van der Waals surface area contributed by atoms with Gasteiger partial charge in [-0.1, -0.05) is 17.8 Å². The Balaban J connectivity index is 2.14. The summed E-state index contributed by atoms with van der Waals surface area (Å²) < 4.78 is 0. The monoisotopic (exact) mass is 298 g/mol. The van der Waals surface area contributed by atoms with Crippen LogP contribution < -0.4 is 0 Å². The Morgan fingerprint density at radius 1 is 1.14 bits per heavy atom. The maximum absolute atomic E-state index is 11.4. The van der Waals surface area contributed by atoms with E-state index in [1.54, 1.807) is 54.7 Å². The molecule has 0 fully saturated rings. The third-order valence-corrected chi connectivity index (χ3v) is 3.99. The molecule has 0 amide bonds. The van der Waals surface area contributed by atoms with Gasteiger partial charge in [0.2, 0.25) is 0 Å². The molecule has 0 radical (unpaired) electrons. The molecule has 5 nitrogen and oxygen atoms in total. The third kappa shape index (κ3) is 2.66. The van der Waals surface area contributed by atoms with E-state index in [4.69, 9.17) is 0 Å². The maximum Gasteiger partial charge on any atom is 0.292 e. The number of pyridine rings is 1. The van der Waals surface area contributed by atoms with Crippen LogP contribution in [0.2, 0.25) is 0 Å². The second-order valence-corrected chi connectivity index (χ2v) is 5.45. The van der Waals surface area contributed by atoms with Gasteiger partial charge in [-0.05, 0) is 42.5 Å². The lowest BCUT2D eigenvalue weighted by Crippen LogP contribution is -1.93. The smallest absolute Gasteiger partial charge is 0.292 e. The molecule has 1 N–H and O–H groups in total. The molecule has 0 aliphatic rings. The lowest BCUT2D eigenvalue weighted by atomic mass is 10.2. The fraction of sp³-hybridized carbons (Fsp3) is 0. The van der Waals surface area contributed by atoms with Crippen molar-refractivity contribution in [3.05, 3.63) is 64.8 Å². The number of hydrogen-bond donors (Lipinski definition) is 1. The Morgan fingerprint density at radius 3 is 2.76 bits per heavy atom. The molecule has 0 spiro atoms. The number of hydrogen-bond acceptors (Lipinski definition) is 5. The summed E-state index contributed by atoms with van der Waals surface area (Å²) in [5.41, 5.74) is 0.624. The van der Waals surface area contributed by atoms with E-state index in [0.717, 1.165) is 4.90 Å². The minimum Gasteiger partial charge on any atom is -0.508 e. The fourth-order valence-corrected chi connectivity index (χ4v) is 3.06. The van der Waals surface area contributed by atoms with Crippen molar-refractivity contribution in [2.24, 2.45) is 0 Å². The van der Waals surface area contributed by atoms with Crippen LogP contribution in [0.3, 0.4) is 0 Å². The number of benzene rings is 2. The van der Waals surface area contributed by atoms with E-state index in [2.05, 4.69) is 4.98 Å². The highest BCUT2D eigenvalue weighted by Gasteiger charge is 2.19. The summed E-state index contributed by atoms with van der Waals surface area (Å²) >= 11 is 1.24. The molecule has 1 heterocycles. The average molecular weight is 298 g/mol. The molecule has 1 aromatic heterocycles. The maximum atomic E-state index is 11.4. The lowest BCUT2D eigenvalue weighted by Gasteiger charge is -2.06. The van der Waals surface area contributed by atoms with Crippen LogP contribution in [0.5, 0.6) is 5.75 Å². The van der Waals surface area contributed by atoms with Crippen molar-refractivity contribution < 1.29 is 10.0 Å². The molecule has 21 heavy (non-hydrogen) atoms. The van der Waals surface area contributed by atoms with Crippen molar-refractivity contribution in [3.63, 3.8) is 0 Å². The number of nitro benzene ring substituents is 1. The molecule has 3 aromatic rings. The summed E-state index contributed by atoms with van der Waals surface area (Å²) in [6.07, 6.45) is 1.61. The van der Waals surface area contributed by atoms with Crippen molar-refractivity contribution in [2.45, 2.75) is 9.79 Å². The molecule has 0 unspecified atom stereocenters. The number of phenolic OH excluding ortho intramolecular Hbond substituents is 1. The van der Waals surface area contributed by atoms with E-state index in [1.165, 1.54) is 11.8 Å². The van der Waals surface area contributed by atoms with E-state index in [0.29, 0.717) is 15.8 Å². The summed E-state index contributed by atoms with van der Waals surface area (Å²) in [7, 11) is 0. The minimum absolute atomic E-state index is 0.0361. The molecule has 0 aliphatic carbocycles. The largest absolute Gasteiger partial charge is 0.508 e. The molecule has 104 valence electrons. The molecule has 6 heteroatoms. The fourth-order valence-electron chi connectivity index (χ4n) is 2.06. The van der Waals surface area contributed by atoms with Crippen molar-refractivity contribution in [1.82, 2.24) is 4.98 Å². The number of nitrogens with zero attached hydrogens (tertiary/aromatic N) is 2. The van der Waals surface area contributed by atoms with Gasteiger partial charge in [0.05, 0.1) is 20.7 Å². The molecule has 2 aromatic carbocycles. The van der Waals surface area contributed by atoms with Crippen molar-refractivity contribution in [3.8, 4) is 5.75 Å². The number of aromatic hydroxyl groups is 1. The Bertz CT molecular complexity index is 836. The van der Waals surface area contributed by atoms with Gasteiger partial charge in [0.25, 0.3) is 5.69 Å². The Hall–Kier alpha value is -2.60. The van der Waals surface area contributed by atoms with E-state index >= 15 is 0 Å². The second kappa shape index (κ2) is 5.41. The molecular weight excluding hydrogens is 288 g/mol. The number of fused-ring (bicyclic) bond motifs is 1.